The molecule has 0 saturated heterocycles. The average molecular weight is 359 g/mol. The molecule has 0 spiro atoms. The van der Waals surface area contributed by atoms with Gasteiger partial charge in [-0.05, 0) is 50.6 Å². The number of carbonyl (C=O) groups is 3. The number of rotatable bonds is 8. The Morgan fingerprint density at radius 2 is 1.62 bits per heavy atom. The lowest BCUT2D eigenvalue weighted by Gasteiger charge is -2.07. The van der Waals surface area contributed by atoms with E-state index in [-0.39, 0.29) is 18.1 Å². The van der Waals surface area contributed by atoms with Gasteiger partial charge in [-0.15, -0.1) is 0 Å². The molecule has 0 fully saturated rings. The number of benzene rings is 1. The first-order valence-corrected chi connectivity index (χ1v) is 7.99. The maximum absolute atomic E-state index is 12.2. The predicted octanol–water partition coefficient (Wildman–Crippen LogP) is 2.65. The van der Waals surface area contributed by atoms with E-state index in [1.807, 2.05) is 0 Å². The predicted molar refractivity (Wildman–Crippen MR) is 94.0 cm³/mol. The van der Waals surface area contributed by atoms with Gasteiger partial charge in [0.25, 0.3) is 0 Å². The summed E-state index contributed by atoms with van der Waals surface area (Å²) in [6.45, 7) is 4.09. The third kappa shape index (κ3) is 4.50. The van der Waals surface area contributed by atoms with Gasteiger partial charge >= 0.3 is 5.97 Å². The number of hydrogen-bond donors (Lipinski definition) is 1. The van der Waals surface area contributed by atoms with Crippen LogP contribution in [0.2, 0.25) is 0 Å². The van der Waals surface area contributed by atoms with E-state index in [0.29, 0.717) is 28.3 Å². The van der Waals surface area contributed by atoms with Crippen LogP contribution in [0.25, 0.3) is 0 Å². The standard InChI is InChI=1S/C19H21NO6/c1-11-18(13(3)21)12(2)20-19(11)16(22)9-26-17(23)10-25-15-7-5-14(24-4)6-8-15/h5-8,20H,9-10H2,1-4H3. The van der Waals surface area contributed by atoms with E-state index in [4.69, 9.17) is 14.2 Å². The highest BCUT2D eigenvalue weighted by atomic mass is 16.6. The van der Waals surface area contributed by atoms with Gasteiger partial charge < -0.3 is 19.2 Å². The summed E-state index contributed by atoms with van der Waals surface area (Å²) in [6, 6.07) is 6.72. The molecule has 0 saturated carbocycles. The van der Waals surface area contributed by atoms with E-state index in [1.54, 1.807) is 45.2 Å². The van der Waals surface area contributed by atoms with Crippen LogP contribution in [0.1, 0.15) is 39.0 Å². The largest absolute Gasteiger partial charge is 0.497 e. The molecule has 0 aliphatic rings. The molecule has 1 aromatic carbocycles. The molecule has 2 aromatic rings. The molecule has 0 unspecified atom stereocenters. The van der Waals surface area contributed by atoms with Crippen molar-refractivity contribution in [2.45, 2.75) is 20.8 Å². The molecule has 7 heteroatoms. The Hall–Kier alpha value is -3.09. The molecule has 0 amide bonds. The minimum atomic E-state index is -0.665. The van der Waals surface area contributed by atoms with Crippen molar-refractivity contribution in [3.8, 4) is 11.5 Å². The average Bonchev–Trinajstić information content (AvgIpc) is 2.92. The number of methoxy groups -OCH3 is 1. The van der Waals surface area contributed by atoms with Gasteiger partial charge in [-0.1, -0.05) is 0 Å². The van der Waals surface area contributed by atoms with Gasteiger partial charge in [0.15, 0.2) is 19.0 Å². The zero-order valence-corrected chi connectivity index (χ0v) is 15.2. The highest BCUT2D eigenvalue weighted by Crippen LogP contribution is 2.19. The normalized spacial score (nSPS) is 10.3. The number of hydrogen-bond acceptors (Lipinski definition) is 6. The van der Waals surface area contributed by atoms with E-state index in [0.717, 1.165) is 0 Å². The van der Waals surface area contributed by atoms with Crippen molar-refractivity contribution in [3.63, 3.8) is 0 Å². The van der Waals surface area contributed by atoms with Gasteiger partial charge in [-0.25, -0.2) is 4.79 Å². The van der Waals surface area contributed by atoms with Crippen molar-refractivity contribution in [3.05, 3.63) is 46.8 Å². The van der Waals surface area contributed by atoms with Crippen LogP contribution >= 0.6 is 0 Å². The molecule has 0 aliphatic heterocycles. The molecule has 1 aromatic heterocycles. The number of ether oxygens (including phenoxy) is 3. The fourth-order valence-corrected chi connectivity index (χ4v) is 2.63. The Labute approximate surface area is 151 Å². The van der Waals surface area contributed by atoms with E-state index in [1.165, 1.54) is 6.92 Å². The second kappa shape index (κ2) is 8.33. The van der Waals surface area contributed by atoms with Crippen molar-refractivity contribution < 1.29 is 28.6 Å². The Kier molecular flexibility index (Phi) is 6.16. The van der Waals surface area contributed by atoms with E-state index in [2.05, 4.69) is 4.98 Å². The Balaban J connectivity index is 1.87. The summed E-state index contributed by atoms with van der Waals surface area (Å²) >= 11 is 0. The Bertz CT molecular complexity index is 819. The van der Waals surface area contributed by atoms with Gasteiger partial charge in [-0.2, -0.15) is 0 Å². The number of esters is 1. The van der Waals surface area contributed by atoms with Gasteiger partial charge in [-0.3, -0.25) is 9.59 Å². The molecule has 7 nitrogen and oxygen atoms in total. The number of H-pyrrole nitrogens is 1. The molecule has 138 valence electrons. The number of aryl methyl sites for hydroxylation is 1. The first-order chi connectivity index (χ1) is 12.3. The number of ketones is 2. The molecule has 2 rings (SSSR count). The second-order valence-corrected chi connectivity index (χ2v) is 5.73. The van der Waals surface area contributed by atoms with Crippen molar-refractivity contribution in [2.75, 3.05) is 20.3 Å². The van der Waals surface area contributed by atoms with Crippen LogP contribution in [-0.4, -0.2) is 42.8 Å². The molecular weight excluding hydrogens is 338 g/mol. The van der Waals surface area contributed by atoms with Crippen LogP contribution < -0.4 is 9.47 Å². The van der Waals surface area contributed by atoms with Crippen molar-refractivity contribution >= 4 is 17.5 Å². The SMILES string of the molecule is COc1ccc(OCC(=O)OCC(=O)c2[nH]c(C)c(C(C)=O)c2C)cc1. The second-order valence-electron chi connectivity index (χ2n) is 5.73. The van der Waals surface area contributed by atoms with E-state index >= 15 is 0 Å². The van der Waals surface area contributed by atoms with Gasteiger partial charge in [0.05, 0.1) is 12.8 Å². The van der Waals surface area contributed by atoms with Crippen molar-refractivity contribution in [1.29, 1.82) is 0 Å². The lowest BCUT2D eigenvalue weighted by Crippen LogP contribution is -2.20. The van der Waals surface area contributed by atoms with Gasteiger partial charge in [0.1, 0.15) is 11.5 Å². The smallest absolute Gasteiger partial charge is 0.344 e. The molecule has 1 N–H and O–H groups in total. The number of aromatic nitrogens is 1. The fourth-order valence-electron chi connectivity index (χ4n) is 2.63. The highest BCUT2D eigenvalue weighted by Gasteiger charge is 2.20. The highest BCUT2D eigenvalue weighted by molar-refractivity contribution is 6.04. The van der Waals surface area contributed by atoms with Crippen LogP contribution in [0.3, 0.4) is 0 Å². The molecule has 0 aliphatic carbocycles. The van der Waals surface area contributed by atoms with Crippen molar-refractivity contribution in [1.82, 2.24) is 4.98 Å². The van der Waals surface area contributed by atoms with E-state index < -0.39 is 18.4 Å². The summed E-state index contributed by atoms with van der Waals surface area (Å²) in [6.07, 6.45) is 0. The quantitative estimate of drug-likeness (QED) is 0.575. The summed E-state index contributed by atoms with van der Waals surface area (Å²) in [5.74, 6) is -0.0407. The third-order valence-electron chi connectivity index (χ3n) is 3.85. The summed E-state index contributed by atoms with van der Waals surface area (Å²) < 4.78 is 15.3. The number of nitrogens with one attached hydrogen (secondary N) is 1. The number of Topliss-reactive ketones (excluding diaryl/α,β-unsaturated/α-hetero) is 2. The molecular formula is C19H21NO6. The molecule has 0 bridgehead atoms. The third-order valence-corrected chi connectivity index (χ3v) is 3.85. The maximum atomic E-state index is 12.2. The lowest BCUT2D eigenvalue weighted by atomic mass is 10.1. The number of carbonyl (C=O) groups excluding carboxylic acids is 3. The van der Waals surface area contributed by atoms with Crippen LogP contribution in [0.15, 0.2) is 24.3 Å². The fraction of sp³-hybridized carbons (Fsp3) is 0.316. The summed E-state index contributed by atoms with van der Waals surface area (Å²) in [5.41, 5.74) is 1.94. The molecule has 1 heterocycles. The lowest BCUT2D eigenvalue weighted by molar-refractivity contribution is -0.144. The first-order valence-electron chi connectivity index (χ1n) is 7.99. The van der Waals surface area contributed by atoms with Gasteiger partial charge in [0, 0.05) is 11.3 Å². The Morgan fingerprint density at radius 1 is 1.00 bits per heavy atom. The van der Waals surface area contributed by atoms with Crippen LogP contribution in [0, 0.1) is 13.8 Å². The molecule has 26 heavy (non-hydrogen) atoms. The number of aromatic amines is 1. The van der Waals surface area contributed by atoms with E-state index in [9.17, 15) is 14.4 Å². The van der Waals surface area contributed by atoms with Crippen LogP contribution in [0.5, 0.6) is 11.5 Å². The summed E-state index contributed by atoms with van der Waals surface area (Å²) in [4.78, 5) is 38.5. The zero-order chi connectivity index (χ0) is 19.3. The summed E-state index contributed by atoms with van der Waals surface area (Å²) in [5, 5.41) is 0. The summed E-state index contributed by atoms with van der Waals surface area (Å²) in [7, 11) is 1.55. The minimum Gasteiger partial charge on any atom is -0.497 e. The zero-order valence-electron chi connectivity index (χ0n) is 15.2. The molecule has 0 radical (unpaired) electrons. The first kappa shape index (κ1) is 19.2. The molecule has 0 atom stereocenters. The maximum Gasteiger partial charge on any atom is 0.344 e. The van der Waals surface area contributed by atoms with Crippen LogP contribution in [0.4, 0.5) is 0 Å². The minimum absolute atomic E-state index is 0.125. The monoisotopic (exact) mass is 359 g/mol. The van der Waals surface area contributed by atoms with Crippen molar-refractivity contribution in [2.24, 2.45) is 0 Å². The Morgan fingerprint density at radius 3 is 2.15 bits per heavy atom. The van der Waals surface area contributed by atoms with Gasteiger partial charge in [0.2, 0.25) is 5.78 Å². The topological polar surface area (TPSA) is 94.7 Å². The van der Waals surface area contributed by atoms with Crippen LogP contribution in [-0.2, 0) is 9.53 Å².